The van der Waals surface area contributed by atoms with E-state index >= 15 is 0 Å². The van der Waals surface area contributed by atoms with Gasteiger partial charge in [0.15, 0.2) is 0 Å². The molecular formula is C49H98NO11P. The predicted octanol–water partition coefficient (Wildman–Crippen LogP) is 10.6. The summed E-state index contributed by atoms with van der Waals surface area (Å²) in [4.78, 5) is 23.4. The predicted molar refractivity (Wildman–Crippen MR) is 251 cm³/mol. The third kappa shape index (κ3) is 30.5. The molecule has 0 spiro atoms. The lowest BCUT2D eigenvalue weighted by molar-refractivity contribution is -0.220. The van der Waals surface area contributed by atoms with Crippen LogP contribution in [0, 0.1) is 0 Å². The monoisotopic (exact) mass is 908 g/mol. The molecule has 370 valence electrons. The third-order valence-electron chi connectivity index (χ3n) is 12.9. The first-order valence-electron chi connectivity index (χ1n) is 26.0. The Hall–Kier alpha value is -0.660. The molecule has 0 bridgehead atoms. The molecule has 9 atom stereocenters. The summed E-state index contributed by atoms with van der Waals surface area (Å²) in [5.41, 5.74) is 0. The van der Waals surface area contributed by atoms with Crippen LogP contribution in [-0.4, -0.2) is 96.8 Å². The number of rotatable bonds is 44. The molecule has 1 aliphatic carbocycles. The number of carbonyl (C=O) groups is 1. The molecule has 12 nitrogen and oxygen atoms in total. The van der Waals surface area contributed by atoms with Crippen LogP contribution < -0.4 is 5.32 Å². The smallest absolute Gasteiger partial charge is 0.391 e. The van der Waals surface area contributed by atoms with Gasteiger partial charge in [-0.15, -0.1) is 0 Å². The molecular weight excluding hydrogens is 810 g/mol. The molecule has 0 aromatic rings. The van der Waals surface area contributed by atoms with Crippen LogP contribution in [0.2, 0.25) is 0 Å². The number of aliphatic hydroxyl groups is 6. The van der Waals surface area contributed by atoms with Gasteiger partial charge in [-0.2, -0.15) is 0 Å². The van der Waals surface area contributed by atoms with Crippen molar-refractivity contribution in [1.82, 2.24) is 5.32 Å². The summed E-state index contributed by atoms with van der Waals surface area (Å²) in [5, 5.41) is 64.1. The quantitative estimate of drug-likeness (QED) is 0.0213. The third-order valence-corrected chi connectivity index (χ3v) is 13.9. The largest absolute Gasteiger partial charge is 0.472 e. The SMILES string of the molecule is CCCCCCCCCCCCCCCCCCCCCCCCCCCCC(=O)N[C@@H](COP(=O)(O)OC1C(O)C(O)C(O)[C@@H](O)C1O)[C@H](O)CCCCCCCCCCC. The minimum absolute atomic E-state index is 0.243. The van der Waals surface area contributed by atoms with Gasteiger partial charge < -0.3 is 40.8 Å². The molecule has 1 fully saturated rings. The molecule has 8 N–H and O–H groups in total. The van der Waals surface area contributed by atoms with Crippen LogP contribution in [0.15, 0.2) is 0 Å². The number of unbranched alkanes of at least 4 members (excludes halogenated alkanes) is 33. The van der Waals surface area contributed by atoms with Crippen LogP contribution in [0.5, 0.6) is 0 Å². The van der Waals surface area contributed by atoms with Crippen LogP contribution in [0.3, 0.4) is 0 Å². The molecule has 62 heavy (non-hydrogen) atoms. The van der Waals surface area contributed by atoms with Gasteiger partial charge in [0, 0.05) is 6.42 Å². The number of amides is 1. The van der Waals surface area contributed by atoms with Crippen molar-refractivity contribution in [3.05, 3.63) is 0 Å². The Morgan fingerprint density at radius 3 is 1.11 bits per heavy atom. The van der Waals surface area contributed by atoms with Gasteiger partial charge in [0.1, 0.15) is 36.6 Å². The molecule has 1 saturated carbocycles. The maximum atomic E-state index is 13.0. The summed E-state index contributed by atoms with van der Waals surface area (Å²) in [5.74, 6) is -0.305. The normalized spacial score (nSPS) is 22.4. The Morgan fingerprint density at radius 2 is 0.774 bits per heavy atom. The second-order valence-electron chi connectivity index (χ2n) is 18.7. The van der Waals surface area contributed by atoms with Gasteiger partial charge in [0.2, 0.25) is 5.91 Å². The average Bonchev–Trinajstić information content (AvgIpc) is 3.25. The fourth-order valence-electron chi connectivity index (χ4n) is 8.67. The second kappa shape index (κ2) is 39.5. The molecule has 0 heterocycles. The van der Waals surface area contributed by atoms with Crippen LogP contribution in [0.4, 0.5) is 0 Å². The zero-order valence-electron chi connectivity index (χ0n) is 39.7. The van der Waals surface area contributed by atoms with Crippen LogP contribution in [0.25, 0.3) is 0 Å². The number of carbonyl (C=O) groups excluding carboxylic acids is 1. The fourth-order valence-corrected chi connectivity index (χ4v) is 9.64. The van der Waals surface area contributed by atoms with Crippen LogP contribution in [-0.2, 0) is 18.4 Å². The number of hydrogen-bond acceptors (Lipinski definition) is 10. The molecule has 13 heteroatoms. The minimum Gasteiger partial charge on any atom is -0.391 e. The Morgan fingerprint density at radius 1 is 0.484 bits per heavy atom. The zero-order chi connectivity index (χ0) is 45.7. The molecule has 1 rings (SSSR count). The summed E-state index contributed by atoms with van der Waals surface area (Å²) < 4.78 is 22.9. The first-order valence-corrected chi connectivity index (χ1v) is 27.5. The van der Waals surface area contributed by atoms with E-state index in [9.17, 15) is 44.9 Å². The maximum Gasteiger partial charge on any atom is 0.472 e. The molecule has 0 aliphatic heterocycles. The van der Waals surface area contributed by atoms with E-state index in [2.05, 4.69) is 19.2 Å². The van der Waals surface area contributed by atoms with Crippen LogP contribution >= 0.6 is 7.82 Å². The van der Waals surface area contributed by atoms with E-state index < -0.39 is 63.2 Å². The van der Waals surface area contributed by atoms with E-state index in [0.29, 0.717) is 19.3 Å². The summed E-state index contributed by atoms with van der Waals surface area (Å²) >= 11 is 0. The lowest BCUT2D eigenvalue weighted by Crippen LogP contribution is -2.64. The lowest BCUT2D eigenvalue weighted by atomic mass is 9.85. The number of aliphatic hydroxyl groups excluding tert-OH is 6. The van der Waals surface area contributed by atoms with Gasteiger partial charge in [-0.3, -0.25) is 13.8 Å². The minimum atomic E-state index is -5.05. The number of nitrogens with one attached hydrogen (secondary N) is 1. The average molecular weight is 908 g/mol. The highest BCUT2D eigenvalue weighted by molar-refractivity contribution is 7.47. The van der Waals surface area contributed by atoms with Gasteiger partial charge in [-0.25, -0.2) is 4.57 Å². The second-order valence-corrected chi connectivity index (χ2v) is 20.1. The van der Waals surface area contributed by atoms with Gasteiger partial charge in [-0.05, 0) is 12.8 Å². The summed E-state index contributed by atoms with van der Waals surface area (Å²) in [6.07, 6.45) is 31.7. The molecule has 0 aromatic heterocycles. The first-order chi connectivity index (χ1) is 29.9. The maximum absolute atomic E-state index is 13.0. The molecule has 1 amide bonds. The topological polar surface area (TPSA) is 206 Å². The Kier molecular flexibility index (Phi) is 37.8. The van der Waals surface area contributed by atoms with E-state index in [1.165, 1.54) is 173 Å². The summed E-state index contributed by atoms with van der Waals surface area (Å²) in [6.45, 7) is 3.88. The van der Waals surface area contributed by atoms with Crippen molar-refractivity contribution in [2.24, 2.45) is 0 Å². The first kappa shape index (κ1) is 59.4. The van der Waals surface area contributed by atoms with E-state index in [1.54, 1.807) is 0 Å². The van der Waals surface area contributed by atoms with Gasteiger partial charge >= 0.3 is 7.82 Å². The molecule has 0 radical (unpaired) electrons. The van der Waals surface area contributed by atoms with Gasteiger partial charge in [0.05, 0.1) is 18.8 Å². The number of hydrogen-bond donors (Lipinski definition) is 8. The van der Waals surface area contributed by atoms with Gasteiger partial charge in [-0.1, -0.05) is 232 Å². The highest BCUT2D eigenvalue weighted by Gasteiger charge is 2.51. The molecule has 6 unspecified atom stereocenters. The Bertz CT molecular complexity index is 1060. The Labute approximate surface area is 378 Å². The van der Waals surface area contributed by atoms with Crippen LogP contribution in [0.1, 0.15) is 251 Å². The van der Waals surface area contributed by atoms with E-state index in [0.717, 1.165) is 38.5 Å². The summed E-state index contributed by atoms with van der Waals surface area (Å²) in [7, 11) is -5.05. The van der Waals surface area contributed by atoms with Crippen molar-refractivity contribution in [3.63, 3.8) is 0 Å². The molecule has 1 aliphatic rings. The van der Waals surface area contributed by atoms with Crippen molar-refractivity contribution in [1.29, 1.82) is 0 Å². The van der Waals surface area contributed by atoms with Crippen molar-refractivity contribution in [2.45, 2.75) is 300 Å². The Balaban J connectivity index is 2.24. The van der Waals surface area contributed by atoms with Crippen molar-refractivity contribution in [2.75, 3.05) is 6.61 Å². The highest BCUT2D eigenvalue weighted by Crippen LogP contribution is 2.47. The fraction of sp³-hybridized carbons (Fsp3) is 0.980. The van der Waals surface area contributed by atoms with Gasteiger partial charge in [0.25, 0.3) is 0 Å². The summed E-state index contributed by atoms with van der Waals surface area (Å²) in [6, 6.07) is -1.02. The molecule has 0 saturated heterocycles. The number of phosphoric acid groups is 1. The number of phosphoric ester groups is 1. The highest BCUT2D eigenvalue weighted by atomic mass is 31.2. The van der Waals surface area contributed by atoms with Crippen molar-refractivity contribution in [3.8, 4) is 0 Å². The van der Waals surface area contributed by atoms with Crippen molar-refractivity contribution < 1.29 is 53.9 Å². The van der Waals surface area contributed by atoms with E-state index in [1.807, 2.05) is 0 Å². The van der Waals surface area contributed by atoms with E-state index in [4.69, 9.17) is 9.05 Å². The van der Waals surface area contributed by atoms with E-state index in [-0.39, 0.29) is 12.3 Å². The zero-order valence-corrected chi connectivity index (χ0v) is 40.6. The lowest BCUT2D eigenvalue weighted by Gasteiger charge is -2.41. The standard InChI is InChI=1S/C49H98NO11P/c1-3-5-7-9-11-13-14-15-16-17-18-19-20-21-22-23-24-25-26-27-28-29-31-33-35-37-39-43(52)50-41(42(51)38-36-34-32-30-12-10-8-6-4-2)40-60-62(58,59)61-49-47(56)45(54)44(53)46(55)48(49)57/h41-42,44-49,51,53-57H,3-40H2,1-2H3,(H,50,52)(H,58,59)/t41-,42+,44?,45+,46?,47?,48?,49?/m0/s1. The molecule has 0 aromatic carbocycles. The van der Waals surface area contributed by atoms with Crippen molar-refractivity contribution >= 4 is 13.7 Å².